The molecule has 0 bridgehead atoms. The molecule has 1 saturated heterocycles. The Hall–Kier alpha value is -1.81. The molecule has 2 heterocycles. The van der Waals surface area contributed by atoms with Crippen molar-refractivity contribution < 1.29 is 5.11 Å². The Labute approximate surface area is 126 Å². The third-order valence-corrected chi connectivity index (χ3v) is 4.19. The molecule has 1 fully saturated rings. The van der Waals surface area contributed by atoms with Crippen molar-refractivity contribution in [2.45, 2.75) is 32.2 Å². The van der Waals surface area contributed by atoms with Crippen LogP contribution in [0, 0.1) is 0 Å². The van der Waals surface area contributed by atoms with E-state index >= 15 is 0 Å². The van der Waals surface area contributed by atoms with Crippen molar-refractivity contribution in [1.82, 2.24) is 14.5 Å². The molecule has 112 valence electrons. The fourth-order valence-corrected chi connectivity index (χ4v) is 3.25. The minimum atomic E-state index is 0.290. The third-order valence-electron chi connectivity index (χ3n) is 4.19. The number of imidazole rings is 1. The number of phenolic OH excluding ortho intramolecular Hbond substituents is 1. The average molecular weight is 285 g/mol. The summed E-state index contributed by atoms with van der Waals surface area (Å²) < 4.78 is 2.27. The Balaban J connectivity index is 1.85. The van der Waals surface area contributed by atoms with Crippen LogP contribution in [-0.4, -0.2) is 39.2 Å². The quantitative estimate of drug-likeness (QED) is 0.937. The molecule has 3 rings (SSSR count). The predicted octanol–water partition coefficient (Wildman–Crippen LogP) is 3.30. The maximum absolute atomic E-state index is 9.68. The molecule has 1 unspecified atom stereocenters. The molecule has 1 atom stereocenters. The van der Waals surface area contributed by atoms with Gasteiger partial charge in [0.25, 0.3) is 0 Å². The molecule has 0 amide bonds. The summed E-state index contributed by atoms with van der Waals surface area (Å²) in [5, 5.41) is 9.68. The van der Waals surface area contributed by atoms with Crippen LogP contribution in [-0.2, 0) is 0 Å². The first-order chi connectivity index (χ1) is 10.3. The number of piperidine rings is 1. The minimum Gasteiger partial charge on any atom is -0.508 e. The number of benzene rings is 1. The standard InChI is InChI=1S/C17H23N3O/c1-2-9-19-10-4-6-15(13-19)20-11-8-18-17(20)14-5-3-7-16(21)12-14/h3,5,7-8,11-12,15,21H,2,4,6,9-10,13H2,1H3. The van der Waals surface area contributed by atoms with Crippen LogP contribution in [0.5, 0.6) is 5.75 Å². The van der Waals surface area contributed by atoms with Crippen LogP contribution in [0.1, 0.15) is 32.2 Å². The lowest BCUT2D eigenvalue weighted by Gasteiger charge is -2.33. The lowest BCUT2D eigenvalue weighted by molar-refractivity contribution is 0.178. The first-order valence-electron chi connectivity index (χ1n) is 7.82. The summed E-state index contributed by atoms with van der Waals surface area (Å²) in [5.41, 5.74) is 0.979. The second-order valence-corrected chi connectivity index (χ2v) is 5.81. The molecule has 0 radical (unpaired) electrons. The number of rotatable bonds is 4. The Bertz CT molecular complexity index is 591. The summed E-state index contributed by atoms with van der Waals surface area (Å²) in [7, 11) is 0. The van der Waals surface area contributed by atoms with Crippen molar-refractivity contribution in [2.75, 3.05) is 19.6 Å². The molecule has 21 heavy (non-hydrogen) atoms. The van der Waals surface area contributed by atoms with Crippen LogP contribution in [0.25, 0.3) is 11.4 Å². The highest BCUT2D eigenvalue weighted by molar-refractivity contribution is 5.58. The van der Waals surface area contributed by atoms with E-state index in [1.54, 1.807) is 12.1 Å². The first kappa shape index (κ1) is 14.1. The molecule has 4 heteroatoms. The topological polar surface area (TPSA) is 41.3 Å². The van der Waals surface area contributed by atoms with Gasteiger partial charge in [0.15, 0.2) is 0 Å². The molecular formula is C17H23N3O. The molecule has 0 spiro atoms. The largest absolute Gasteiger partial charge is 0.508 e. The van der Waals surface area contributed by atoms with Gasteiger partial charge in [-0.3, -0.25) is 0 Å². The number of nitrogens with zero attached hydrogens (tertiary/aromatic N) is 3. The van der Waals surface area contributed by atoms with Gasteiger partial charge in [-0.25, -0.2) is 4.98 Å². The highest BCUT2D eigenvalue weighted by Crippen LogP contribution is 2.28. The van der Waals surface area contributed by atoms with Gasteiger partial charge in [-0.1, -0.05) is 19.1 Å². The second-order valence-electron chi connectivity index (χ2n) is 5.81. The summed E-state index contributed by atoms with van der Waals surface area (Å²) in [6.07, 6.45) is 7.57. The molecular weight excluding hydrogens is 262 g/mol. The number of aromatic nitrogens is 2. The molecule has 1 aliphatic heterocycles. The van der Waals surface area contributed by atoms with Crippen LogP contribution in [0.3, 0.4) is 0 Å². The molecule has 2 aromatic rings. The van der Waals surface area contributed by atoms with Crippen LogP contribution in [0.15, 0.2) is 36.7 Å². The highest BCUT2D eigenvalue weighted by Gasteiger charge is 2.22. The zero-order chi connectivity index (χ0) is 14.7. The van der Waals surface area contributed by atoms with Crippen molar-refractivity contribution in [2.24, 2.45) is 0 Å². The van der Waals surface area contributed by atoms with E-state index in [0.717, 1.165) is 17.9 Å². The molecule has 1 aromatic heterocycles. The fourth-order valence-electron chi connectivity index (χ4n) is 3.25. The van der Waals surface area contributed by atoms with Gasteiger partial charge in [0.2, 0.25) is 0 Å². The van der Waals surface area contributed by atoms with Crippen molar-refractivity contribution in [3.05, 3.63) is 36.7 Å². The summed E-state index contributed by atoms with van der Waals surface area (Å²) >= 11 is 0. The van der Waals surface area contributed by atoms with Gasteiger partial charge >= 0.3 is 0 Å². The average Bonchev–Trinajstić information content (AvgIpc) is 2.97. The smallest absolute Gasteiger partial charge is 0.140 e. The van der Waals surface area contributed by atoms with E-state index in [9.17, 15) is 5.11 Å². The number of hydrogen-bond acceptors (Lipinski definition) is 3. The predicted molar refractivity (Wildman–Crippen MR) is 84.3 cm³/mol. The molecule has 0 aliphatic carbocycles. The zero-order valence-corrected chi connectivity index (χ0v) is 12.6. The molecule has 4 nitrogen and oxygen atoms in total. The van der Waals surface area contributed by atoms with Crippen molar-refractivity contribution in [3.8, 4) is 17.1 Å². The van der Waals surface area contributed by atoms with E-state index < -0.39 is 0 Å². The van der Waals surface area contributed by atoms with Crippen LogP contribution in [0.2, 0.25) is 0 Å². The summed E-state index contributed by atoms with van der Waals surface area (Å²) in [5.74, 6) is 1.24. The van der Waals surface area contributed by atoms with E-state index in [1.807, 2.05) is 18.3 Å². The maximum Gasteiger partial charge on any atom is 0.140 e. The number of hydrogen-bond donors (Lipinski definition) is 1. The van der Waals surface area contributed by atoms with Gasteiger partial charge in [0.05, 0.1) is 0 Å². The van der Waals surface area contributed by atoms with E-state index in [2.05, 4.69) is 27.6 Å². The van der Waals surface area contributed by atoms with Crippen molar-refractivity contribution >= 4 is 0 Å². The lowest BCUT2D eigenvalue weighted by atomic mass is 10.0. The number of phenols is 1. The Morgan fingerprint density at radius 3 is 3.10 bits per heavy atom. The van der Waals surface area contributed by atoms with Gasteiger partial charge < -0.3 is 14.6 Å². The van der Waals surface area contributed by atoms with E-state index in [0.29, 0.717) is 11.8 Å². The van der Waals surface area contributed by atoms with E-state index in [-0.39, 0.29) is 0 Å². The summed E-state index contributed by atoms with van der Waals surface area (Å²) in [4.78, 5) is 7.05. The van der Waals surface area contributed by atoms with Gasteiger partial charge in [0.1, 0.15) is 11.6 Å². The Morgan fingerprint density at radius 2 is 2.29 bits per heavy atom. The van der Waals surface area contributed by atoms with Crippen LogP contribution < -0.4 is 0 Å². The minimum absolute atomic E-state index is 0.290. The molecule has 1 aromatic carbocycles. The van der Waals surface area contributed by atoms with E-state index in [1.165, 1.54) is 32.4 Å². The molecule has 1 aliphatic rings. The lowest BCUT2D eigenvalue weighted by Crippen LogP contribution is -2.37. The highest BCUT2D eigenvalue weighted by atomic mass is 16.3. The van der Waals surface area contributed by atoms with Gasteiger partial charge in [0, 0.05) is 30.5 Å². The Kier molecular flexibility index (Phi) is 4.25. The first-order valence-corrected chi connectivity index (χ1v) is 7.82. The summed E-state index contributed by atoms with van der Waals surface area (Å²) in [6.45, 7) is 5.71. The van der Waals surface area contributed by atoms with Gasteiger partial charge in [-0.15, -0.1) is 0 Å². The fraction of sp³-hybridized carbons (Fsp3) is 0.471. The van der Waals surface area contributed by atoms with Gasteiger partial charge in [-0.2, -0.15) is 0 Å². The summed E-state index contributed by atoms with van der Waals surface area (Å²) in [6, 6.07) is 7.83. The van der Waals surface area contributed by atoms with E-state index in [4.69, 9.17) is 0 Å². The van der Waals surface area contributed by atoms with Gasteiger partial charge in [-0.05, 0) is 44.5 Å². The number of likely N-dealkylation sites (tertiary alicyclic amines) is 1. The normalized spacial score (nSPS) is 19.8. The zero-order valence-electron chi connectivity index (χ0n) is 12.6. The monoisotopic (exact) mass is 285 g/mol. The maximum atomic E-state index is 9.68. The van der Waals surface area contributed by atoms with Crippen molar-refractivity contribution in [1.29, 1.82) is 0 Å². The third kappa shape index (κ3) is 3.10. The Morgan fingerprint density at radius 1 is 1.38 bits per heavy atom. The van der Waals surface area contributed by atoms with Crippen LogP contribution in [0.4, 0.5) is 0 Å². The number of aromatic hydroxyl groups is 1. The van der Waals surface area contributed by atoms with Crippen LogP contribution >= 0.6 is 0 Å². The molecule has 1 N–H and O–H groups in total. The second kappa shape index (κ2) is 6.31. The SMILES string of the molecule is CCCN1CCCC(n2ccnc2-c2cccc(O)c2)C1. The molecule has 0 saturated carbocycles. The van der Waals surface area contributed by atoms with Crippen molar-refractivity contribution in [3.63, 3.8) is 0 Å².